The fraction of sp³-hybridized carbons (Fsp3) is 0.0714. The first kappa shape index (κ1) is 29.5. The second-order valence-electron chi connectivity index (χ2n) is 8.62. The first-order chi connectivity index (χ1) is 19.6. The van der Waals surface area contributed by atoms with Crippen molar-refractivity contribution in [3.8, 4) is 0 Å². The number of guanidine groups is 1. The monoisotopic (exact) mass is 611 g/mol. The molecular formula is C28H23Cl2N5O5S. The van der Waals surface area contributed by atoms with E-state index in [2.05, 4.69) is 20.6 Å². The number of pyridine rings is 1. The molecule has 5 N–H and O–H groups in total. The van der Waals surface area contributed by atoms with Crippen molar-refractivity contribution < 1.29 is 23.1 Å². The minimum atomic E-state index is -3.99. The normalized spacial score (nSPS) is 12.4. The molecule has 0 saturated heterocycles. The molecule has 0 aliphatic heterocycles. The summed E-state index contributed by atoms with van der Waals surface area (Å²) >= 11 is 12.2. The van der Waals surface area contributed by atoms with E-state index in [0.717, 1.165) is 0 Å². The van der Waals surface area contributed by atoms with E-state index in [9.17, 15) is 23.1 Å². The fourth-order valence-electron chi connectivity index (χ4n) is 3.79. The van der Waals surface area contributed by atoms with E-state index >= 15 is 0 Å². The predicted molar refractivity (Wildman–Crippen MR) is 157 cm³/mol. The second-order valence-corrected chi connectivity index (χ2v) is 11.3. The van der Waals surface area contributed by atoms with Crippen LogP contribution in [0.3, 0.4) is 0 Å². The summed E-state index contributed by atoms with van der Waals surface area (Å²) in [6.45, 7) is 0. The highest BCUT2D eigenvalue weighted by atomic mass is 35.5. The van der Waals surface area contributed by atoms with Crippen LogP contribution in [0.15, 0.2) is 106 Å². The molecule has 1 aromatic heterocycles. The average Bonchev–Trinajstić information content (AvgIpc) is 2.94. The SMILES string of the molecule is NC(=N[C@@H](Cc1ccc(NC(=O)c2c(Cl)cccc2Cl)cc1)C(=O)O)Nc1cccnc1S(=O)(=O)c1ccccc1. The number of amides is 1. The number of anilines is 2. The van der Waals surface area contributed by atoms with Gasteiger partial charge in [0, 0.05) is 18.3 Å². The van der Waals surface area contributed by atoms with Crippen LogP contribution in [0.4, 0.5) is 11.4 Å². The maximum absolute atomic E-state index is 13.1. The van der Waals surface area contributed by atoms with Crippen LogP contribution in [0.1, 0.15) is 15.9 Å². The fourth-order valence-corrected chi connectivity index (χ4v) is 5.71. The molecule has 1 amide bonds. The Morgan fingerprint density at radius 1 is 0.902 bits per heavy atom. The Morgan fingerprint density at radius 3 is 2.20 bits per heavy atom. The lowest BCUT2D eigenvalue weighted by Crippen LogP contribution is -2.30. The van der Waals surface area contributed by atoms with E-state index in [-0.39, 0.29) is 43.6 Å². The Bertz CT molecular complexity index is 1700. The number of hydrogen-bond donors (Lipinski definition) is 4. The van der Waals surface area contributed by atoms with E-state index in [1.807, 2.05) is 0 Å². The van der Waals surface area contributed by atoms with E-state index in [1.54, 1.807) is 60.7 Å². The third-order valence-electron chi connectivity index (χ3n) is 5.75. The molecular weight excluding hydrogens is 589 g/mol. The number of halogens is 2. The molecule has 13 heteroatoms. The van der Waals surface area contributed by atoms with Gasteiger partial charge in [0.1, 0.15) is 0 Å². The summed E-state index contributed by atoms with van der Waals surface area (Å²) < 4.78 is 26.2. The van der Waals surface area contributed by atoms with E-state index < -0.39 is 27.8 Å². The van der Waals surface area contributed by atoms with E-state index in [4.69, 9.17) is 28.9 Å². The molecule has 0 spiro atoms. The number of benzene rings is 3. The Balaban J connectivity index is 1.48. The van der Waals surface area contributed by atoms with Crippen LogP contribution >= 0.6 is 23.2 Å². The third-order valence-corrected chi connectivity index (χ3v) is 8.11. The van der Waals surface area contributed by atoms with Crippen LogP contribution in [0.2, 0.25) is 10.0 Å². The summed E-state index contributed by atoms with van der Waals surface area (Å²) in [7, 11) is -3.99. The molecule has 0 bridgehead atoms. The number of carbonyl (C=O) groups excluding carboxylic acids is 1. The van der Waals surface area contributed by atoms with Crippen LogP contribution in [0.5, 0.6) is 0 Å². The summed E-state index contributed by atoms with van der Waals surface area (Å²) in [6.07, 6.45) is 1.29. The Hall–Kier alpha value is -4.45. The van der Waals surface area contributed by atoms with E-state index in [1.165, 1.54) is 30.5 Å². The summed E-state index contributed by atoms with van der Waals surface area (Å²) in [5, 5.41) is 15.2. The lowest BCUT2D eigenvalue weighted by Gasteiger charge is -2.14. The maximum Gasteiger partial charge on any atom is 0.328 e. The van der Waals surface area contributed by atoms with Gasteiger partial charge in [0.25, 0.3) is 5.91 Å². The second kappa shape index (κ2) is 12.8. The number of hydrogen-bond acceptors (Lipinski definition) is 6. The van der Waals surface area contributed by atoms with Gasteiger partial charge in [-0.2, -0.15) is 0 Å². The predicted octanol–water partition coefficient (Wildman–Crippen LogP) is 4.90. The Kier molecular flexibility index (Phi) is 9.23. The molecule has 0 aliphatic rings. The van der Waals surface area contributed by atoms with Gasteiger partial charge in [0.2, 0.25) is 9.84 Å². The van der Waals surface area contributed by atoms with Crippen molar-refractivity contribution in [1.29, 1.82) is 0 Å². The Labute approximate surface area is 245 Å². The first-order valence-electron chi connectivity index (χ1n) is 12.0. The molecule has 4 rings (SSSR count). The molecule has 210 valence electrons. The van der Waals surface area contributed by atoms with Gasteiger partial charge >= 0.3 is 5.97 Å². The van der Waals surface area contributed by atoms with Gasteiger partial charge in [-0.25, -0.2) is 23.2 Å². The number of aliphatic imine (C=N–C) groups is 1. The molecule has 1 heterocycles. The minimum absolute atomic E-state index is 0.0372. The maximum atomic E-state index is 13.1. The molecule has 4 aromatic rings. The molecule has 10 nitrogen and oxygen atoms in total. The number of carbonyl (C=O) groups is 2. The number of rotatable bonds is 9. The number of carboxylic acids is 1. The van der Waals surface area contributed by atoms with Gasteiger partial charge in [-0.15, -0.1) is 0 Å². The Morgan fingerprint density at radius 2 is 1.56 bits per heavy atom. The number of aromatic nitrogens is 1. The standard InChI is InChI=1S/C28H23Cl2N5O5S/c29-20-8-4-9-21(30)24(20)25(36)33-18-13-11-17(12-14-18)16-23(27(37)38)35-28(31)34-22-10-5-15-32-26(22)41(39,40)19-6-2-1-3-7-19/h1-15,23H,16H2,(H,33,36)(H,37,38)(H3,31,34,35)/t23-/m0/s1. The van der Waals surface area contributed by atoms with Crippen molar-refractivity contribution in [1.82, 2.24) is 4.98 Å². The number of nitrogens with two attached hydrogens (primary N) is 1. The lowest BCUT2D eigenvalue weighted by atomic mass is 10.1. The van der Waals surface area contributed by atoms with Gasteiger partial charge in [-0.1, -0.05) is 59.6 Å². The van der Waals surface area contributed by atoms with E-state index in [0.29, 0.717) is 11.3 Å². The highest BCUT2D eigenvalue weighted by molar-refractivity contribution is 7.91. The van der Waals surface area contributed by atoms with Gasteiger partial charge < -0.3 is 21.5 Å². The number of nitrogens with one attached hydrogen (secondary N) is 2. The third kappa shape index (κ3) is 7.20. The summed E-state index contributed by atoms with van der Waals surface area (Å²) in [4.78, 5) is 32.7. The molecule has 0 aliphatic carbocycles. The van der Waals surface area contributed by atoms with Gasteiger partial charge in [-0.05, 0) is 54.1 Å². The van der Waals surface area contributed by atoms with Crippen molar-refractivity contribution in [3.63, 3.8) is 0 Å². The molecule has 0 radical (unpaired) electrons. The number of nitrogens with zero attached hydrogens (tertiary/aromatic N) is 2. The highest BCUT2D eigenvalue weighted by Crippen LogP contribution is 2.26. The number of carboxylic acid groups (broad SMARTS) is 1. The van der Waals surface area contributed by atoms with Crippen molar-refractivity contribution in [3.05, 3.63) is 112 Å². The lowest BCUT2D eigenvalue weighted by molar-refractivity contribution is -0.138. The largest absolute Gasteiger partial charge is 0.480 e. The van der Waals surface area contributed by atoms with Crippen LogP contribution in [-0.2, 0) is 21.1 Å². The summed E-state index contributed by atoms with van der Waals surface area (Å²) in [5.41, 5.74) is 7.20. The van der Waals surface area contributed by atoms with Gasteiger partial charge in [0.15, 0.2) is 17.0 Å². The first-order valence-corrected chi connectivity index (χ1v) is 14.2. The summed E-state index contributed by atoms with van der Waals surface area (Å²) in [6, 6.07) is 20.6. The van der Waals surface area contributed by atoms with Gasteiger partial charge in [-0.3, -0.25) is 4.79 Å². The summed E-state index contributed by atoms with van der Waals surface area (Å²) in [5.74, 6) is -2.05. The molecule has 41 heavy (non-hydrogen) atoms. The van der Waals surface area contributed by atoms with Crippen LogP contribution in [-0.4, -0.2) is 42.4 Å². The molecule has 0 saturated carbocycles. The van der Waals surface area contributed by atoms with Crippen molar-refractivity contribution in [2.45, 2.75) is 22.4 Å². The molecule has 0 unspecified atom stereocenters. The van der Waals surface area contributed by atoms with Crippen LogP contribution in [0.25, 0.3) is 0 Å². The molecule has 0 fully saturated rings. The smallest absolute Gasteiger partial charge is 0.328 e. The zero-order valence-corrected chi connectivity index (χ0v) is 23.5. The zero-order valence-electron chi connectivity index (χ0n) is 21.2. The average molecular weight is 612 g/mol. The number of aliphatic carboxylic acids is 1. The number of sulfone groups is 1. The van der Waals surface area contributed by atoms with Crippen molar-refractivity contribution >= 4 is 62.2 Å². The molecule has 3 aromatic carbocycles. The minimum Gasteiger partial charge on any atom is -0.480 e. The quantitative estimate of drug-likeness (QED) is 0.153. The highest BCUT2D eigenvalue weighted by Gasteiger charge is 2.24. The van der Waals surface area contributed by atoms with Crippen molar-refractivity contribution in [2.24, 2.45) is 10.7 Å². The molecule has 1 atom stereocenters. The topological polar surface area (TPSA) is 164 Å². The zero-order chi connectivity index (χ0) is 29.6. The van der Waals surface area contributed by atoms with Crippen LogP contribution in [0, 0.1) is 0 Å². The van der Waals surface area contributed by atoms with Crippen LogP contribution < -0.4 is 16.4 Å². The van der Waals surface area contributed by atoms with Gasteiger partial charge in [0.05, 0.1) is 26.2 Å². The van der Waals surface area contributed by atoms with Crippen molar-refractivity contribution in [2.75, 3.05) is 10.6 Å².